The van der Waals surface area contributed by atoms with Crippen molar-refractivity contribution in [3.63, 3.8) is 0 Å². The van der Waals surface area contributed by atoms with Gasteiger partial charge in [0.05, 0.1) is 0 Å². The van der Waals surface area contributed by atoms with Crippen molar-refractivity contribution in [2.24, 2.45) is 47.3 Å². The molecule has 6 nitrogen and oxygen atoms in total. The average Bonchev–Trinajstić information content (AvgIpc) is 3.01. The van der Waals surface area contributed by atoms with E-state index in [0.717, 1.165) is 23.7 Å². The molecule has 256 valence electrons. The molecule has 0 aromatic heterocycles. The zero-order chi connectivity index (χ0) is 30.8. The van der Waals surface area contributed by atoms with Gasteiger partial charge in [-0.2, -0.15) is 0 Å². The molecule has 0 spiro atoms. The van der Waals surface area contributed by atoms with Crippen molar-refractivity contribution < 1.29 is 28.5 Å². The van der Waals surface area contributed by atoms with Crippen molar-refractivity contribution in [2.75, 3.05) is 13.2 Å². The molecule has 0 radical (unpaired) electrons. The van der Waals surface area contributed by atoms with E-state index in [1.165, 1.54) is 71.4 Å². The van der Waals surface area contributed by atoms with Gasteiger partial charge in [0.1, 0.15) is 0 Å². The van der Waals surface area contributed by atoms with Crippen molar-refractivity contribution in [3.05, 3.63) is 48.5 Å². The third kappa shape index (κ3) is 7.03. The average molecular weight is 799 g/mol. The minimum absolute atomic E-state index is 0. The molecule has 0 heterocycles. The van der Waals surface area contributed by atoms with Crippen LogP contribution in [0.2, 0.25) is 0 Å². The molecule has 0 N–H and O–H groups in total. The summed E-state index contributed by atoms with van der Waals surface area (Å²) in [6, 6.07) is 16.2. The molecule has 0 amide bonds. The summed E-state index contributed by atoms with van der Waals surface area (Å²) in [5.41, 5.74) is -0.640. The molecule has 0 unspecified atom stereocenters. The topological polar surface area (TPSA) is 71.1 Å². The van der Waals surface area contributed by atoms with Gasteiger partial charge in [-0.3, -0.25) is 0 Å². The molecule has 9 heteroatoms. The normalized spacial score (nSPS) is 37.0. The minimum atomic E-state index is -0.597. The van der Waals surface area contributed by atoms with Crippen LogP contribution in [0.3, 0.4) is 0 Å². The summed E-state index contributed by atoms with van der Waals surface area (Å²) in [5.74, 6) is 6.32. The van der Waals surface area contributed by atoms with Crippen molar-refractivity contribution in [1.29, 1.82) is 0 Å². The van der Waals surface area contributed by atoms with Gasteiger partial charge in [-0.15, -0.1) is 24.8 Å². The smallest absolute Gasteiger partial charge is 0.147 e. The molecule has 47 heavy (non-hydrogen) atoms. The van der Waals surface area contributed by atoms with Crippen molar-refractivity contribution in [2.45, 2.75) is 89.3 Å². The first-order chi connectivity index (χ1) is 21.7. The van der Waals surface area contributed by atoms with Gasteiger partial charge < -0.3 is 0 Å². The second-order valence-electron chi connectivity index (χ2n) is 15.5. The predicted octanol–water partition coefficient (Wildman–Crippen LogP) is 6.46. The van der Waals surface area contributed by atoms with E-state index in [-0.39, 0.29) is 61.2 Å². The standard InChI is InChI=1S/C38H46O6Te.2ClH/c1-37(27-13-23-11-24(15-27)16-28(37)14-23)43-35(39)21-41-31-3-7-33(8-4-31)45-34-9-5-32(6-10-34)42-22-36(40)44-38(2)29-17-25-12-26(19-29)20-30(38)18-25;;/h3-10,23-30H,11-22H2,1-2H3;2*1H. The van der Waals surface area contributed by atoms with Crippen LogP contribution in [0.1, 0.15) is 78.1 Å². The van der Waals surface area contributed by atoms with Crippen LogP contribution >= 0.6 is 24.8 Å². The molecule has 8 bridgehead atoms. The van der Waals surface area contributed by atoms with Gasteiger partial charge in [-0.25, -0.2) is 0 Å². The number of benzene rings is 2. The molecule has 0 aliphatic heterocycles. The number of rotatable bonds is 10. The quantitative estimate of drug-likeness (QED) is 0.203. The summed E-state index contributed by atoms with van der Waals surface area (Å²) in [5, 5.41) is 0. The Morgan fingerprint density at radius 3 is 1.15 bits per heavy atom. The zero-order valence-electron chi connectivity index (χ0n) is 27.4. The van der Waals surface area contributed by atoms with Crippen molar-refractivity contribution in [1.82, 2.24) is 0 Å². The van der Waals surface area contributed by atoms with Gasteiger partial charge in [0.15, 0.2) is 0 Å². The fourth-order valence-corrected chi connectivity index (χ4v) is 13.1. The van der Waals surface area contributed by atoms with Gasteiger partial charge in [0.25, 0.3) is 0 Å². The van der Waals surface area contributed by atoms with Crippen LogP contribution in [-0.2, 0) is 19.1 Å². The maximum atomic E-state index is 12.8. The largest absolute Gasteiger partial charge is 0.147 e. The Hall–Kier alpha value is -1.65. The molecule has 8 aliphatic rings. The first-order valence-electron chi connectivity index (χ1n) is 17.3. The van der Waals surface area contributed by atoms with Crippen LogP contribution in [0, 0.1) is 47.3 Å². The molecule has 0 saturated heterocycles. The third-order valence-corrected chi connectivity index (χ3v) is 15.7. The number of carbonyl (C=O) groups is 2. The van der Waals surface area contributed by atoms with E-state index in [1.807, 2.05) is 24.3 Å². The van der Waals surface area contributed by atoms with Gasteiger partial charge in [-0.1, -0.05) is 0 Å². The maximum Gasteiger partial charge on any atom is -0.147 e. The molecule has 8 saturated carbocycles. The van der Waals surface area contributed by atoms with Crippen LogP contribution in [0.25, 0.3) is 0 Å². The van der Waals surface area contributed by atoms with Crippen LogP contribution in [-0.4, -0.2) is 57.3 Å². The third-order valence-electron chi connectivity index (χ3n) is 12.8. The first-order valence-corrected chi connectivity index (χ1v) is 19.6. The number of ether oxygens (including phenoxy) is 4. The summed E-state index contributed by atoms with van der Waals surface area (Å²) in [6.07, 6.45) is 12.5. The Morgan fingerprint density at radius 2 is 0.851 bits per heavy atom. The van der Waals surface area contributed by atoms with E-state index in [9.17, 15) is 9.59 Å². The predicted molar refractivity (Wildman–Crippen MR) is 186 cm³/mol. The van der Waals surface area contributed by atoms with E-state index in [1.54, 1.807) is 0 Å². The second kappa shape index (κ2) is 13.9. The van der Waals surface area contributed by atoms with E-state index in [0.29, 0.717) is 35.2 Å². The van der Waals surface area contributed by atoms with Gasteiger partial charge in [-0.05, 0) is 12.8 Å². The Labute approximate surface area is 301 Å². The Bertz CT molecular complexity index is 1270. The molecule has 8 aliphatic carbocycles. The maximum absolute atomic E-state index is 12.8. The summed E-state index contributed by atoms with van der Waals surface area (Å²) in [4.78, 5) is 25.6. The molecule has 0 atom stereocenters. The summed E-state index contributed by atoms with van der Waals surface area (Å²) in [6.45, 7) is 4.25. The molecule has 2 aromatic rings. The van der Waals surface area contributed by atoms with Gasteiger partial charge in [0.2, 0.25) is 0 Å². The molecule has 8 fully saturated rings. The minimum Gasteiger partial charge on any atom is -0.147 e. The molecular weight excluding hydrogens is 751 g/mol. The Kier molecular flexibility index (Phi) is 10.4. The fourth-order valence-electron chi connectivity index (χ4n) is 10.8. The summed E-state index contributed by atoms with van der Waals surface area (Å²) in [7, 11) is 0. The van der Waals surface area contributed by atoms with Crippen LogP contribution in [0.15, 0.2) is 48.5 Å². The number of halogens is 2. The van der Waals surface area contributed by atoms with E-state index >= 15 is 0 Å². The van der Waals surface area contributed by atoms with Crippen LogP contribution < -0.4 is 16.7 Å². The summed E-state index contributed by atoms with van der Waals surface area (Å²) >= 11 is -0.597. The second-order valence-corrected chi connectivity index (χ2v) is 18.8. The number of esters is 2. The van der Waals surface area contributed by atoms with Gasteiger partial charge in [0, 0.05) is 0 Å². The Balaban J connectivity index is 0.00000193. The number of hydrogen-bond donors (Lipinski definition) is 0. The van der Waals surface area contributed by atoms with Gasteiger partial charge >= 0.3 is 266 Å². The SMILES string of the molecule is CC1(OC(=O)COc2ccc([Te]c3ccc(OCC(=O)OC4(C)C5CC6CC(C5)CC4C6)cc3)cc2)C2CC3CC(C2)CC1C3.Cl.Cl. The molecule has 10 rings (SSSR count). The number of carbonyl (C=O) groups excluding carboxylic acids is 2. The first kappa shape index (κ1) is 35.2. The van der Waals surface area contributed by atoms with Crippen molar-refractivity contribution in [3.8, 4) is 11.5 Å². The zero-order valence-corrected chi connectivity index (χ0v) is 31.4. The molecule has 2 aromatic carbocycles. The monoisotopic (exact) mass is 800 g/mol. The van der Waals surface area contributed by atoms with Crippen molar-refractivity contribution >= 4 is 64.9 Å². The van der Waals surface area contributed by atoms with E-state index in [2.05, 4.69) is 38.1 Å². The fraction of sp³-hybridized carbons (Fsp3) is 0.632. The van der Waals surface area contributed by atoms with Crippen LogP contribution in [0.5, 0.6) is 11.5 Å². The molecular formula is C38H48Cl2O6Te. The van der Waals surface area contributed by atoms with E-state index < -0.39 is 20.9 Å². The Morgan fingerprint density at radius 1 is 0.553 bits per heavy atom. The van der Waals surface area contributed by atoms with E-state index in [4.69, 9.17) is 18.9 Å². The van der Waals surface area contributed by atoms with Crippen LogP contribution in [0.4, 0.5) is 0 Å². The summed E-state index contributed by atoms with van der Waals surface area (Å²) < 4.78 is 26.5. The number of hydrogen-bond acceptors (Lipinski definition) is 6.